The highest BCUT2D eigenvalue weighted by molar-refractivity contribution is 6.32. The summed E-state index contributed by atoms with van der Waals surface area (Å²) in [6, 6.07) is 5.91. The first-order chi connectivity index (χ1) is 9.09. The molecule has 0 unspecified atom stereocenters. The average Bonchev–Trinajstić information content (AvgIpc) is 2.40. The van der Waals surface area contributed by atoms with Crippen LogP contribution in [0.3, 0.4) is 0 Å². The molecule has 1 aliphatic rings. The van der Waals surface area contributed by atoms with Gasteiger partial charge < -0.3 is 10.4 Å². The minimum atomic E-state index is 0. The number of nitrogens with one attached hydrogen (secondary N) is 1. The Morgan fingerprint density at radius 3 is 2.43 bits per heavy atom. The van der Waals surface area contributed by atoms with Gasteiger partial charge in [-0.05, 0) is 18.4 Å². The molecule has 1 saturated heterocycles. The zero-order chi connectivity index (χ0) is 13.8. The summed E-state index contributed by atoms with van der Waals surface area (Å²) in [6.45, 7) is 8.49. The SMILES string of the molecule is CC(C)C[C@H](c1cccc(Cl)c1O)N1CCNCC1.Cl.Cl. The number of aromatic hydroxyl groups is 1. The van der Waals surface area contributed by atoms with Crippen LogP contribution >= 0.6 is 36.4 Å². The average molecular weight is 356 g/mol. The maximum atomic E-state index is 10.2. The Hall–Kier alpha value is -0.190. The summed E-state index contributed by atoms with van der Waals surface area (Å²) in [7, 11) is 0. The normalized spacial score (nSPS) is 17.0. The van der Waals surface area contributed by atoms with Crippen molar-refractivity contribution in [2.45, 2.75) is 26.3 Å². The van der Waals surface area contributed by atoms with Crippen LogP contribution in [0.15, 0.2) is 18.2 Å². The van der Waals surface area contributed by atoms with E-state index in [4.69, 9.17) is 11.6 Å². The molecular formula is C15H25Cl3N2O. The minimum absolute atomic E-state index is 0. The van der Waals surface area contributed by atoms with Gasteiger partial charge in [0, 0.05) is 37.8 Å². The fourth-order valence-electron chi connectivity index (χ4n) is 2.71. The third kappa shape index (κ3) is 5.50. The van der Waals surface area contributed by atoms with Gasteiger partial charge in [-0.1, -0.05) is 37.6 Å². The summed E-state index contributed by atoms with van der Waals surface area (Å²) in [6.07, 6.45) is 1.04. The standard InChI is InChI=1S/C15H23ClN2O.2ClH/c1-11(2)10-14(18-8-6-17-7-9-18)12-4-3-5-13(16)15(12)19;;/h3-5,11,14,17,19H,6-10H2,1-2H3;2*1H/t14-;;/m1../s1. The molecule has 1 atom stereocenters. The molecule has 122 valence electrons. The van der Waals surface area contributed by atoms with E-state index >= 15 is 0 Å². The maximum absolute atomic E-state index is 10.2. The molecule has 1 aromatic rings. The van der Waals surface area contributed by atoms with Crippen molar-refractivity contribution in [1.29, 1.82) is 0 Å². The van der Waals surface area contributed by atoms with Crippen LogP contribution in [0, 0.1) is 5.92 Å². The lowest BCUT2D eigenvalue weighted by molar-refractivity contribution is 0.151. The van der Waals surface area contributed by atoms with Crippen LogP contribution in [0.2, 0.25) is 5.02 Å². The molecule has 1 aliphatic heterocycles. The highest BCUT2D eigenvalue weighted by Crippen LogP contribution is 2.37. The second-order valence-corrected chi connectivity index (χ2v) is 6.02. The van der Waals surface area contributed by atoms with E-state index in [-0.39, 0.29) is 36.6 Å². The van der Waals surface area contributed by atoms with E-state index in [1.807, 2.05) is 12.1 Å². The van der Waals surface area contributed by atoms with Crippen molar-refractivity contribution < 1.29 is 5.11 Å². The zero-order valence-electron chi connectivity index (χ0n) is 12.5. The van der Waals surface area contributed by atoms with Gasteiger partial charge in [-0.2, -0.15) is 0 Å². The molecule has 6 heteroatoms. The van der Waals surface area contributed by atoms with Gasteiger partial charge in [0.2, 0.25) is 0 Å². The molecule has 2 N–H and O–H groups in total. The summed E-state index contributed by atoms with van der Waals surface area (Å²) in [5.41, 5.74) is 0.961. The maximum Gasteiger partial charge on any atom is 0.138 e. The lowest BCUT2D eigenvalue weighted by atomic mass is 9.94. The van der Waals surface area contributed by atoms with E-state index in [1.54, 1.807) is 6.07 Å². The van der Waals surface area contributed by atoms with Crippen molar-refractivity contribution in [3.63, 3.8) is 0 Å². The number of phenols is 1. The van der Waals surface area contributed by atoms with Crippen LogP contribution in [-0.2, 0) is 0 Å². The van der Waals surface area contributed by atoms with Crippen LogP contribution in [0.25, 0.3) is 0 Å². The number of piperazine rings is 1. The molecule has 3 nitrogen and oxygen atoms in total. The third-order valence-electron chi connectivity index (χ3n) is 3.66. The number of halogens is 3. The molecule has 0 aromatic heterocycles. The van der Waals surface area contributed by atoms with Crippen molar-refractivity contribution in [3.05, 3.63) is 28.8 Å². The molecule has 0 amide bonds. The third-order valence-corrected chi connectivity index (χ3v) is 3.97. The van der Waals surface area contributed by atoms with Gasteiger partial charge in [-0.3, -0.25) is 4.90 Å². The zero-order valence-corrected chi connectivity index (χ0v) is 14.9. The smallest absolute Gasteiger partial charge is 0.138 e. The van der Waals surface area contributed by atoms with E-state index in [1.165, 1.54) is 0 Å². The van der Waals surface area contributed by atoms with Crippen LogP contribution in [0.1, 0.15) is 31.9 Å². The van der Waals surface area contributed by atoms with Crippen molar-refractivity contribution in [2.75, 3.05) is 26.2 Å². The molecule has 0 saturated carbocycles. The molecule has 2 rings (SSSR count). The molecule has 1 fully saturated rings. The molecule has 1 heterocycles. The summed E-state index contributed by atoms with van der Waals surface area (Å²) in [5.74, 6) is 0.826. The molecular weight excluding hydrogens is 331 g/mol. The second kappa shape index (κ2) is 9.75. The topological polar surface area (TPSA) is 35.5 Å². The van der Waals surface area contributed by atoms with Gasteiger partial charge in [0.1, 0.15) is 5.75 Å². The van der Waals surface area contributed by atoms with E-state index < -0.39 is 0 Å². The van der Waals surface area contributed by atoms with E-state index in [2.05, 4.69) is 24.1 Å². The Balaban J connectivity index is 0.00000200. The Morgan fingerprint density at radius 2 is 1.86 bits per heavy atom. The van der Waals surface area contributed by atoms with Crippen LogP contribution in [0.4, 0.5) is 0 Å². The van der Waals surface area contributed by atoms with E-state index in [0.29, 0.717) is 10.9 Å². The van der Waals surface area contributed by atoms with Gasteiger partial charge in [-0.15, -0.1) is 24.8 Å². The van der Waals surface area contributed by atoms with Gasteiger partial charge in [0.15, 0.2) is 0 Å². The highest BCUT2D eigenvalue weighted by atomic mass is 35.5. The first-order valence-electron chi connectivity index (χ1n) is 7.01. The molecule has 21 heavy (non-hydrogen) atoms. The predicted octanol–water partition coefficient (Wildman–Crippen LogP) is 3.88. The fourth-order valence-corrected chi connectivity index (χ4v) is 2.90. The van der Waals surface area contributed by atoms with Gasteiger partial charge in [0.25, 0.3) is 0 Å². The molecule has 0 bridgehead atoms. The Labute approximate surface area is 144 Å². The molecule has 0 aliphatic carbocycles. The van der Waals surface area contributed by atoms with E-state index in [9.17, 15) is 5.11 Å². The lowest BCUT2D eigenvalue weighted by Crippen LogP contribution is -2.45. The quantitative estimate of drug-likeness (QED) is 0.860. The monoisotopic (exact) mass is 354 g/mol. The lowest BCUT2D eigenvalue weighted by Gasteiger charge is -2.36. The number of benzene rings is 1. The van der Waals surface area contributed by atoms with Crippen molar-refractivity contribution in [2.24, 2.45) is 5.92 Å². The first-order valence-corrected chi connectivity index (χ1v) is 7.39. The summed E-state index contributed by atoms with van der Waals surface area (Å²) in [4.78, 5) is 2.45. The number of rotatable bonds is 4. The Kier molecular flexibility index (Phi) is 9.66. The summed E-state index contributed by atoms with van der Waals surface area (Å²) in [5, 5.41) is 14.1. The van der Waals surface area contributed by atoms with Crippen molar-refractivity contribution >= 4 is 36.4 Å². The predicted molar refractivity (Wildman–Crippen MR) is 94.3 cm³/mol. The number of hydrogen-bond donors (Lipinski definition) is 2. The van der Waals surface area contributed by atoms with Gasteiger partial charge >= 0.3 is 0 Å². The van der Waals surface area contributed by atoms with Crippen molar-refractivity contribution in [1.82, 2.24) is 10.2 Å². The summed E-state index contributed by atoms with van der Waals surface area (Å²) < 4.78 is 0. The largest absolute Gasteiger partial charge is 0.506 e. The molecule has 0 spiro atoms. The van der Waals surface area contributed by atoms with Gasteiger partial charge in [-0.25, -0.2) is 0 Å². The Bertz CT molecular complexity index is 423. The van der Waals surface area contributed by atoms with Crippen molar-refractivity contribution in [3.8, 4) is 5.75 Å². The fraction of sp³-hybridized carbons (Fsp3) is 0.600. The van der Waals surface area contributed by atoms with Crippen LogP contribution in [0.5, 0.6) is 5.75 Å². The summed E-state index contributed by atoms with van der Waals surface area (Å²) >= 11 is 6.05. The van der Waals surface area contributed by atoms with Crippen LogP contribution in [-0.4, -0.2) is 36.2 Å². The van der Waals surface area contributed by atoms with Crippen LogP contribution < -0.4 is 5.32 Å². The first kappa shape index (κ1) is 20.8. The Morgan fingerprint density at radius 1 is 1.24 bits per heavy atom. The highest BCUT2D eigenvalue weighted by Gasteiger charge is 2.25. The number of phenolic OH excluding ortho intramolecular Hbond substituents is 1. The number of para-hydroxylation sites is 1. The molecule has 0 radical (unpaired) electrons. The second-order valence-electron chi connectivity index (χ2n) is 5.61. The van der Waals surface area contributed by atoms with E-state index in [0.717, 1.165) is 38.2 Å². The minimum Gasteiger partial charge on any atom is -0.506 e. The number of nitrogens with zero attached hydrogens (tertiary/aromatic N) is 1. The molecule has 1 aromatic carbocycles. The van der Waals surface area contributed by atoms with Gasteiger partial charge in [0.05, 0.1) is 5.02 Å². The number of hydrogen-bond acceptors (Lipinski definition) is 3.